The van der Waals surface area contributed by atoms with Crippen LogP contribution < -0.4 is 0 Å². The molecule has 1 aliphatic heterocycles. The Kier molecular flexibility index (Phi) is 4.96. The van der Waals surface area contributed by atoms with Gasteiger partial charge in [0.2, 0.25) is 11.6 Å². The molecule has 134 valence electrons. The van der Waals surface area contributed by atoms with E-state index in [-0.39, 0.29) is 4.90 Å². The molecule has 25 heavy (non-hydrogen) atoms. The molecule has 2 aromatic carbocycles. The number of aryl methyl sites for hydroxylation is 3. The van der Waals surface area contributed by atoms with Crippen LogP contribution in [0, 0.1) is 20.8 Å². The van der Waals surface area contributed by atoms with E-state index in [0.717, 1.165) is 14.8 Å². The van der Waals surface area contributed by atoms with Crippen molar-refractivity contribution in [1.29, 1.82) is 0 Å². The molecule has 0 N–H and O–H groups in total. The van der Waals surface area contributed by atoms with Gasteiger partial charge < -0.3 is 4.55 Å². The molecule has 0 amide bonds. The number of sulfonamides is 1. The summed E-state index contributed by atoms with van der Waals surface area (Å²) in [7, 11) is -3.99. The Morgan fingerprint density at radius 1 is 1.08 bits per heavy atom. The van der Waals surface area contributed by atoms with E-state index in [1.165, 1.54) is 0 Å². The first-order valence-electron chi connectivity index (χ1n) is 7.99. The van der Waals surface area contributed by atoms with Crippen LogP contribution in [0.25, 0.3) is 0 Å². The summed E-state index contributed by atoms with van der Waals surface area (Å²) < 4.78 is 45.6. The highest BCUT2D eigenvalue weighted by Gasteiger charge is 2.54. The average molecular weight is 380 g/mol. The topological polar surface area (TPSA) is 69.7 Å². The fraction of sp³-hybridized carbons (Fsp3) is 0.333. The van der Waals surface area contributed by atoms with Gasteiger partial charge in [0.1, 0.15) is 12.1 Å². The monoisotopic (exact) mass is 379 g/mol. The maximum absolute atomic E-state index is 13.4. The fourth-order valence-electron chi connectivity index (χ4n) is 3.43. The molecule has 3 atom stereocenters. The minimum absolute atomic E-state index is 0.199. The van der Waals surface area contributed by atoms with Crippen LogP contribution in [0.3, 0.4) is 0 Å². The van der Waals surface area contributed by atoms with E-state index in [2.05, 4.69) is 0 Å². The van der Waals surface area contributed by atoms with E-state index in [4.69, 9.17) is 4.18 Å². The first-order valence-corrected chi connectivity index (χ1v) is 10.5. The lowest BCUT2D eigenvalue weighted by atomic mass is 10.0. The molecule has 0 aromatic heterocycles. The van der Waals surface area contributed by atoms with Crippen LogP contribution >= 0.6 is 0 Å². The number of hydrogen-bond donors (Lipinski definition) is 0. The summed E-state index contributed by atoms with van der Waals surface area (Å²) in [4.78, 5) is 0.199. The Balaban J connectivity index is 2.15. The van der Waals surface area contributed by atoms with Crippen molar-refractivity contribution in [2.75, 3.05) is 0 Å². The van der Waals surface area contributed by atoms with Gasteiger partial charge in [-0.25, -0.2) is 8.42 Å². The highest BCUT2D eigenvalue weighted by atomic mass is 32.3. The third-order valence-corrected chi connectivity index (χ3v) is 8.10. The van der Waals surface area contributed by atoms with Crippen LogP contribution in [0.2, 0.25) is 0 Å². The van der Waals surface area contributed by atoms with E-state index >= 15 is 0 Å². The predicted molar refractivity (Wildman–Crippen MR) is 97.6 cm³/mol. The molecular weight excluding hydrogens is 358 g/mol. The normalized spacial score (nSPS) is 24.6. The summed E-state index contributed by atoms with van der Waals surface area (Å²) in [6.45, 7) is 7.17. The lowest BCUT2D eigenvalue weighted by Crippen LogP contribution is -2.36. The van der Waals surface area contributed by atoms with Gasteiger partial charge in [0.15, 0.2) is 0 Å². The van der Waals surface area contributed by atoms with Gasteiger partial charge in [-0.15, -0.1) is 4.18 Å². The summed E-state index contributed by atoms with van der Waals surface area (Å²) >= 11 is -2.07. The molecular formula is C18H21NO4S2. The van der Waals surface area contributed by atoms with Crippen LogP contribution in [0.1, 0.15) is 35.2 Å². The maximum atomic E-state index is 13.4. The zero-order valence-corrected chi connectivity index (χ0v) is 16.2. The zero-order valence-electron chi connectivity index (χ0n) is 14.6. The van der Waals surface area contributed by atoms with Crippen molar-refractivity contribution in [3.05, 3.63) is 64.7 Å². The second-order valence-corrected chi connectivity index (χ2v) is 9.37. The van der Waals surface area contributed by atoms with E-state index < -0.39 is 33.8 Å². The molecule has 0 radical (unpaired) electrons. The zero-order chi connectivity index (χ0) is 18.4. The van der Waals surface area contributed by atoms with Crippen molar-refractivity contribution in [3.63, 3.8) is 0 Å². The quantitative estimate of drug-likeness (QED) is 0.767. The standard InChI is InChI=1S/C18H21NO4S2/c1-12-10-13(2)18(14(3)11-12)25(21,22)19-17(15(4)23-24(19)20)16-8-6-5-7-9-16/h5-11,15,17H,1-4H3/t15-,17-,24?/m1/s1. The van der Waals surface area contributed by atoms with Gasteiger partial charge in [-0.1, -0.05) is 48.0 Å². The smallest absolute Gasteiger partial charge is 0.285 e. The van der Waals surface area contributed by atoms with Gasteiger partial charge in [0.05, 0.1) is 4.90 Å². The Morgan fingerprint density at radius 3 is 2.20 bits per heavy atom. The molecule has 1 aliphatic rings. The van der Waals surface area contributed by atoms with Crippen molar-refractivity contribution < 1.29 is 17.2 Å². The van der Waals surface area contributed by atoms with Gasteiger partial charge in [0.25, 0.3) is 10.0 Å². The van der Waals surface area contributed by atoms with Crippen molar-refractivity contribution in [3.8, 4) is 0 Å². The Labute approximate surface area is 152 Å². The fourth-order valence-corrected chi connectivity index (χ4v) is 7.03. The molecule has 2 aromatic rings. The van der Waals surface area contributed by atoms with Crippen LogP contribution in [0.15, 0.2) is 47.4 Å². The Morgan fingerprint density at radius 2 is 1.64 bits per heavy atom. The molecule has 1 heterocycles. The third-order valence-electron chi connectivity index (χ3n) is 4.29. The highest BCUT2D eigenvalue weighted by molar-refractivity contribution is 8.02. The van der Waals surface area contributed by atoms with Crippen LogP contribution in [0.4, 0.5) is 0 Å². The molecule has 0 bridgehead atoms. The lowest BCUT2D eigenvalue weighted by molar-refractivity contribution is 0.228. The van der Waals surface area contributed by atoms with E-state index in [1.54, 1.807) is 20.8 Å². The number of nitrogens with zero attached hydrogens (tertiary/aromatic N) is 1. The second-order valence-electron chi connectivity index (χ2n) is 6.36. The predicted octanol–water partition coefficient (Wildman–Crippen LogP) is 3.34. The summed E-state index contributed by atoms with van der Waals surface area (Å²) in [5, 5.41) is 0. The van der Waals surface area contributed by atoms with Crippen LogP contribution in [-0.4, -0.2) is 22.8 Å². The third kappa shape index (κ3) is 3.22. The molecule has 5 nitrogen and oxygen atoms in total. The van der Waals surface area contributed by atoms with E-state index in [1.807, 2.05) is 49.4 Å². The van der Waals surface area contributed by atoms with Crippen LogP contribution in [-0.2, 0) is 25.8 Å². The van der Waals surface area contributed by atoms with Gasteiger partial charge in [-0.3, -0.25) is 0 Å². The molecule has 7 heteroatoms. The molecule has 1 saturated heterocycles. The van der Waals surface area contributed by atoms with Gasteiger partial charge in [-0.2, -0.15) is 0 Å². The first-order chi connectivity index (χ1) is 11.7. The summed E-state index contributed by atoms with van der Waals surface area (Å²) in [6, 6.07) is 12.2. The minimum Gasteiger partial charge on any atom is -0.565 e. The van der Waals surface area contributed by atoms with Crippen molar-refractivity contribution in [2.24, 2.45) is 0 Å². The van der Waals surface area contributed by atoms with E-state index in [0.29, 0.717) is 11.1 Å². The van der Waals surface area contributed by atoms with Crippen molar-refractivity contribution in [2.45, 2.75) is 44.7 Å². The highest BCUT2D eigenvalue weighted by Crippen LogP contribution is 2.42. The summed E-state index contributed by atoms with van der Waals surface area (Å²) in [5.41, 5.74) is 3.02. The average Bonchev–Trinajstić information content (AvgIpc) is 2.81. The van der Waals surface area contributed by atoms with Gasteiger partial charge >= 0.3 is 0 Å². The Bertz CT molecular complexity index is 860. The lowest BCUT2D eigenvalue weighted by Gasteiger charge is -2.22. The molecule has 0 aliphatic carbocycles. The number of benzene rings is 2. The molecule has 3 rings (SSSR count). The van der Waals surface area contributed by atoms with Crippen molar-refractivity contribution in [1.82, 2.24) is 3.71 Å². The van der Waals surface area contributed by atoms with Gasteiger partial charge in [0, 0.05) is 3.71 Å². The van der Waals surface area contributed by atoms with Crippen LogP contribution in [0.5, 0.6) is 0 Å². The second kappa shape index (κ2) is 6.74. The number of rotatable bonds is 3. The number of hydrogen-bond acceptors (Lipinski definition) is 4. The van der Waals surface area contributed by atoms with Crippen molar-refractivity contribution >= 4 is 21.7 Å². The first kappa shape index (κ1) is 18.4. The minimum atomic E-state index is -3.99. The van der Waals surface area contributed by atoms with Gasteiger partial charge in [-0.05, 0) is 44.4 Å². The molecule has 0 saturated carbocycles. The summed E-state index contributed by atoms with van der Waals surface area (Å²) in [6.07, 6.45) is -0.510. The molecule has 1 fully saturated rings. The summed E-state index contributed by atoms with van der Waals surface area (Å²) in [5.74, 6) is 0. The maximum Gasteiger partial charge on any atom is 0.285 e. The van der Waals surface area contributed by atoms with E-state index in [9.17, 15) is 13.0 Å². The Hall–Kier alpha value is -1.38. The molecule has 1 unspecified atom stereocenters. The SMILES string of the molecule is Cc1cc(C)c(S(=O)(=O)N2[C@@H](c3ccccc3)[C@@H](C)O[S+]2[O-])c(C)c1. The molecule has 0 spiro atoms. The largest absolute Gasteiger partial charge is 0.565 e.